The molecule has 0 radical (unpaired) electrons. The number of aromatic amines is 1. The highest BCUT2D eigenvalue weighted by Gasteiger charge is 2.31. The Balaban J connectivity index is 1.73. The number of H-pyrrole nitrogens is 1. The third kappa shape index (κ3) is 5.16. The van der Waals surface area contributed by atoms with Gasteiger partial charge in [-0.05, 0) is 67.4 Å². The Bertz CT molecular complexity index is 1450. The zero-order chi connectivity index (χ0) is 25.3. The molecule has 10 heteroatoms. The van der Waals surface area contributed by atoms with Gasteiger partial charge in [0.1, 0.15) is 5.82 Å². The fourth-order valence-corrected chi connectivity index (χ4v) is 3.74. The number of benzene rings is 1. The second-order valence-corrected chi connectivity index (χ2v) is 8.23. The first-order valence-electron chi connectivity index (χ1n) is 10.7. The van der Waals surface area contributed by atoms with E-state index >= 15 is 0 Å². The number of anilines is 1. The van der Waals surface area contributed by atoms with E-state index in [9.17, 15) is 22.8 Å². The highest BCUT2D eigenvalue weighted by Crippen LogP contribution is 2.29. The molecule has 0 bridgehead atoms. The van der Waals surface area contributed by atoms with Gasteiger partial charge in [-0.25, -0.2) is 4.98 Å². The number of nitrogens with two attached hydrogens (primary N) is 1. The summed E-state index contributed by atoms with van der Waals surface area (Å²) in [4.78, 5) is 37.7. The van der Waals surface area contributed by atoms with Crippen molar-refractivity contribution >= 4 is 22.6 Å². The number of carbonyl (C=O) groups excluding carboxylic acids is 1. The lowest BCUT2D eigenvalue weighted by Crippen LogP contribution is -2.34. The fourth-order valence-electron chi connectivity index (χ4n) is 3.74. The molecule has 1 aromatic carbocycles. The number of hydrogen-bond acceptors (Lipinski definition) is 5. The van der Waals surface area contributed by atoms with Gasteiger partial charge in [-0.1, -0.05) is 0 Å². The largest absolute Gasteiger partial charge is 0.417 e. The molecule has 35 heavy (non-hydrogen) atoms. The van der Waals surface area contributed by atoms with Crippen LogP contribution < -0.4 is 11.3 Å². The average Bonchev–Trinajstić information content (AvgIpc) is 2.82. The second-order valence-electron chi connectivity index (χ2n) is 8.23. The van der Waals surface area contributed by atoms with Crippen molar-refractivity contribution in [1.29, 1.82) is 0 Å². The molecule has 0 unspecified atom stereocenters. The van der Waals surface area contributed by atoms with E-state index in [2.05, 4.69) is 15.0 Å². The minimum Gasteiger partial charge on any atom is -0.383 e. The predicted molar refractivity (Wildman–Crippen MR) is 125 cm³/mol. The third-order valence-electron chi connectivity index (χ3n) is 5.79. The first-order chi connectivity index (χ1) is 16.5. The maximum atomic E-state index is 13.7. The Hall–Kier alpha value is -4.21. The SMILES string of the molecule is Cc1cc2cc(C(=O)N(Cc3ccc(C(F)(F)F)cn3)[C@@H](C)c3cc[nH]c(=O)c3)ccc2nc1N. The molecular formula is C25H22F3N5O2. The van der Waals surface area contributed by atoms with Crippen LogP contribution in [-0.4, -0.2) is 25.8 Å². The Morgan fingerprint density at radius 1 is 1.14 bits per heavy atom. The van der Waals surface area contributed by atoms with Crippen molar-refractivity contribution < 1.29 is 18.0 Å². The number of rotatable bonds is 5. The molecule has 0 spiro atoms. The van der Waals surface area contributed by atoms with Crippen LogP contribution in [0.15, 0.2) is 65.7 Å². The molecule has 4 aromatic rings. The van der Waals surface area contributed by atoms with Gasteiger partial charge < -0.3 is 15.6 Å². The lowest BCUT2D eigenvalue weighted by Gasteiger charge is -2.29. The highest BCUT2D eigenvalue weighted by molar-refractivity contribution is 5.98. The van der Waals surface area contributed by atoms with Crippen LogP contribution in [0.4, 0.5) is 19.0 Å². The van der Waals surface area contributed by atoms with Gasteiger partial charge in [-0.15, -0.1) is 0 Å². The van der Waals surface area contributed by atoms with Crippen LogP contribution in [0.5, 0.6) is 0 Å². The standard InChI is InChI=1S/C25H22F3N5O2/c1-14-9-18-10-17(3-6-21(18)32-23(14)29)24(35)33(15(2)16-7-8-30-22(34)11-16)13-20-5-4-19(12-31-20)25(26,27)28/h3-12,15H,13H2,1-2H3,(H2,29,32)(H,30,34)/t15-/m0/s1. The van der Waals surface area contributed by atoms with Crippen molar-refractivity contribution in [3.05, 3.63) is 99.2 Å². The zero-order valence-corrected chi connectivity index (χ0v) is 18.9. The Morgan fingerprint density at radius 2 is 1.91 bits per heavy atom. The Kier molecular flexibility index (Phi) is 6.29. The molecule has 3 heterocycles. The first kappa shape index (κ1) is 23.9. The van der Waals surface area contributed by atoms with Gasteiger partial charge in [-0.3, -0.25) is 14.6 Å². The van der Waals surface area contributed by atoms with Gasteiger partial charge in [0.25, 0.3) is 5.91 Å². The molecule has 7 nitrogen and oxygen atoms in total. The van der Waals surface area contributed by atoms with Crippen molar-refractivity contribution in [1.82, 2.24) is 19.9 Å². The Morgan fingerprint density at radius 3 is 2.57 bits per heavy atom. The molecule has 1 amide bonds. The predicted octanol–water partition coefficient (Wildman–Crippen LogP) is 4.63. The third-order valence-corrected chi connectivity index (χ3v) is 5.79. The summed E-state index contributed by atoms with van der Waals surface area (Å²) in [6, 6.07) is 11.5. The van der Waals surface area contributed by atoms with Crippen LogP contribution in [0.25, 0.3) is 10.9 Å². The topological polar surface area (TPSA) is 105 Å². The van der Waals surface area contributed by atoms with Gasteiger partial charge >= 0.3 is 6.18 Å². The van der Waals surface area contributed by atoms with Crippen molar-refractivity contribution in [3.63, 3.8) is 0 Å². The van der Waals surface area contributed by atoms with E-state index in [4.69, 9.17) is 5.73 Å². The summed E-state index contributed by atoms with van der Waals surface area (Å²) >= 11 is 0. The van der Waals surface area contributed by atoms with Crippen molar-refractivity contribution in [2.24, 2.45) is 0 Å². The maximum Gasteiger partial charge on any atom is 0.417 e. The molecule has 0 saturated carbocycles. The summed E-state index contributed by atoms with van der Waals surface area (Å²) in [6.45, 7) is 3.49. The van der Waals surface area contributed by atoms with Crippen LogP contribution in [0.3, 0.4) is 0 Å². The van der Waals surface area contributed by atoms with E-state index in [0.717, 1.165) is 23.2 Å². The molecular weight excluding hydrogens is 459 g/mol. The van der Waals surface area contributed by atoms with E-state index in [1.165, 1.54) is 23.2 Å². The lowest BCUT2D eigenvalue weighted by molar-refractivity contribution is -0.137. The van der Waals surface area contributed by atoms with Crippen LogP contribution in [-0.2, 0) is 12.7 Å². The fraction of sp³-hybridized carbons (Fsp3) is 0.200. The number of nitrogens with one attached hydrogen (secondary N) is 1. The van der Waals surface area contributed by atoms with Crippen LogP contribution in [0.2, 0.25) is 0 Å². The summed E-state index contributed by atoms with van der Waals surface area (Å²) in [5, 5.41) is 0.721. The van der Waals surface area contributed by atoms with E-state index in [1.54, 1.807) is 31.2 Å². The molecule has 0 fully saturated rings. The number of hydrogen-bond donors (Lipinski definition) is 2. The molecule has 0 aliphatic rings. The number of pyridine rings is 3. The first-order valence-corrected chi connectivity index (χ1v) is 10.7. The molecule has 1 atom stereocenters. The number of nitrogens with zero attached hydrogens (tertiary/aromatic N) is 3. The van der Waals surface area contributed by atoms with Crippen LogP contribution >= 0.6 is 0 Å². The minimum atomic E-state index is -4.51. The normalized spacial score (nSPS) is 12.5. The molecule has 180 valence electrons. The molecule has 3 aromatic heterocycles. The number of aromatic nitrogens is 3. The summed E-state index contributed by atoms with van der Waals surface area (Å²) in [6.07, 6.45) is -2.30. The summed E-state index contributed by atoms with van der Waals surface area (Å²) < 4.78 is 38.9. The van der Waals surface area contributed by atoms with Gasteiger partial charge in [0.15, 0.2) is 0 Å². The monoisotopic (exact) mass is 481 g/mol. The molecule has 0 saturated heterocycles. The summed E-state index contributed by atoms with van der Waals surface area (Å²) in [5.74, 6) is 0.0189. The smallest absolute Gasteiger partial charge is 0.383 e. The lowest BCUT2D eigenvalue weighted by atomic mass is 10.0. The number of aryl methyl sites for hydroxylation is 1. The molecule has 0 aliphatic carbocycles. The summed E-state index contributed by atoms with van der Waals surface area (Å²) in [5.41, 5.74) is 7.26. The van der Waals surface area contributed by atoms with Gasteiger partial charge in [0.2, 0.25) is 5.56 Å². The van der Waals surface area contributed by atoms with Gasteiger partial charge in [0.05, 0.1) is 29.4 Å². The van der Waals surface area contributed by atoms with Crippen molar-refractivity contribution in [2.75, 3.05) is 5.73 Å². The molecule has 4 rings (SSSR count). The number of halogens is 3. The van der Waals surface area contributed by atoms with Crippen LogP contribution in [0.1, 0.15) is 45.7 Å². The Labute approximate surface area is 198 Å². The quantitative estimate of drug-likeness (QED) is 0.432. The van der Waals surface area contributed by atoms with Gasteiger partial charge in [0, 0.05) is 29.4 Å². The molecule has 0 aliphatic heterocycles. The average molecular weight is 481 g/mol. The van der Waals surface area contributed by atoms with E-state index < -0.39 is 17.8 Å². The number of alkyl halides is 3. The minimum absolute atomic E-state index is 0.0675. The van der Waals surface area contributed by atoms with Crippen molar-refractivity contribution in [3.8, 4) is 0 Å². The number of fused-ring (bicyclic) bond motifs is 1. The maximum absolute atomic E-state index is 13.7. The zero-order valence-electron chi connectivity index (χ0n) is 18.9. The van der Waals surface area contributed by atoms with Crippen molar-refractivity contribution in [2.45, 2.75) is 32.6 Å². The second kappa shape index (κ2) is 9.21. The molecule has 3 N–H and O–H groups in total. The number of carbonyl (C=O) groups is 1. The number of nitrogen functional groups attached to an aromatic ring is 1. The van der Waals surface area contributed by atoms with E-state index in [0.29, 0.717) is 22.5 Å². The van der Waals surface area contributed by atoms with E-state index in [-0.39, 0.29) is 23.7 Å². The van der Waals surface area contributed by atoms with Crippen LogP contribution in [0, 0.1) is 6.92 Å². The van der Waals surface area contributed by atoms with E-state index in [1.807, 2.05) is 13.0 Å². The van der Waals surface area contributed by atoms with Gasteiger partial charge in [-0.2, -0.15) is 13.2 Å². The highest BCUT2D eigenvalue weighted by atomic mass is 19.4. The summed E-state index contributed by atoms with van der Waals surface area (Å²) in [7, 11) is 0. The number of amides is 1.